The molecule has 6 heteroatoms. The van der Waals surface area contributed by atoms with Crippen LogP contribution in [0.5, 0.6) is 0 Å². The van der Waals surface area contributed by atoms with E-state index in [4.69, 9.17) is 4.74 Å². The second-order valence-electron chi connectivity index (χ2n) is 4.98. The highest BCUT2D eigenvalue weighted by Gasteiger charge is 2.42. The van der Waals surface area contributed by atoms with E-state index in [0.29, 0.717) is 19.5 Å². The molecular weight excluding hydrogens is 264 g/mol. The maximum atomic E-state index is 12.2. The highest BCUT2D eigenvalue weighted by molar-refractivity contribution is 7.10. The third-order valence-electron chi connectivity index (χ3n) is 3.81. The van der Waals surface area contributed by atoms with Crippen molar-refractivity contribution in [2.45, 2.75) is 18.6 Å². The van der Waals surface area contributed by atoms with E-state index in [2.05, 4.69) is 0 Å². The molecule has 2 atom stereocenters. The minimum atomic E-state index is -0.0324. The normalized spacial score (nSPS) is 26.7. The fourth-order valence-corrected chi connectivity index (χ4v) is 3.33. The van der Waals surface area contributed by atoms with E-state index in [0.717, 1.165) is 4.88 Å². The van der Waals surface area contributed by atoms with Gasteiger partial charge in [-0.1, -0.05) is 6.07 Å². The first-order valence-corrected chi connectivity index (χ1v) is 7.20. The Morgan fingerprint density at radius 2 is 2.37 bits per heavy atom. The number of fused-ring (bicyclic) bond motifs is 1. The highest BCUT2D eigenvalue weighted by Crippen LogP contribution is 2.23. The van der Waals surface area contributed by atoms with E-state index >= 15 is 0 Å². The van der Waals surface area contributed by atoms with Gasteiger partial charge in [0.1, 0.15) is 6.61 Å². The average molecular weight is 280 g/mol. The first kappa shape index (κ1) is 12.6. The highest BCUT2D eigenvalue weighted by atomic mass is 32.1. The van der Waals surface area contributed by atoms with Gasteiger partial charge in [0.25, 0.3) is 0 Å². The summed E-state index contributed by atoms with van der Waals surface area (Å²) >= 11 is 1.59. The molecule has 0 spiro atoms. The molecule has 2 amide bonds. The quantitative estimate of drug-likeness (QED) is 0.786. The van der Waals surface area contributed by atoms with Crippen molar-refractivity contribution >= 4 is 23.2 Å². The van der Waals surface area contributed by atoms with Gasteiger partial charge < -0.3 is 14.5 Å². The van der Waals surface area contributed by atoms with Crippen LogP contribution in [0, 0.1) is 0 Å². The van der Waals surface area contributed by atoms with Crippen molar-refractivity contribution in [3.63, 3.8) is 0 Å². The molecule has 0 saturated carbocycles. The van der Waals surface area contributed by atoms with Crippen molar-refractivity contribution in [1.29, 1.82) is 0 Å². The first-order valence-electron chi connectivity index (χ1n) is 6.32. The maximum Gasteiger partial charge on any atom is 0.248 e. The number of hydrogen-bond donors (Lipinski definition) is 0. The predicted molar refractivity (Wildman–Crippen MR) is 70.9 cm³/mol. The van der Waals surface area contributed by atoms with Crippen LogP contribution in [0.15, 0.2) is 17.5 Å². The Balaban J connectivity index is 1.65. The van der Waals surface area contributed by atoms with E-state index in [1.807, 2.05) is 22.4 Å². The fraction of sp³-hybridized carbons (Fsp3) is 0.538. The molecule has 102 valence electrons. The standard InChI is InChI=1S/C13H16N2O3S/c1-14-10-6-15(7-11(10)18-8-13(14)17)12(16)5-9-3-2-4-19-9/h2-4,10-11H,5-8H2,1H3/t10-,11-/m0/s1. The zero-order chi connectivity index (χ0) is 13.4. The van der Waals surface area contributed by atoms with Crippen molar-refractivity contribution in [2.24, 2.45) is 0 Å². The summed E-state index contributed by atoms with van der Waals surface area (Å²) in [4.78, 5) is 28.4. The summed E-state index contributed by atoms with van der Waals surface area (Å²) in [5.74, 6) is 0.107. The summed E-state index contributed by atoms with van der Waals surface area (Å²) in [6, 6.07) is 3.93. The summed E-state index contributed by atoms with van der Waals surface area (Å²) in [6.07, 6.45) is 0.407. The van der Waals surface area contributed by atoms with Crippen LogP contribution in [0.1, 0.15) is 4.88 Å². The molecule has 0 radical (unpaired) electrons. The summed E-state index contributed by atoms with van der Waals surface area (Å²) in [6.45, 7) is 1.30. The van der Waals surface area contributed by atoms with E-state index in [9.17, 15) is 9.59 Å². The number of rotatable bonds is 2. The number of ether oxygens (including phenoxy) is 1. The van der Waals surface area contributed by atoms with Crippen molar-refractivity contribution in [1.82, 2.24) is 9.80 Å². The van der Waals surface area contributed by atoms with Crippen LogP contribution in [-0.4, -0.2) is 60.5 Å². The minimum absolute atomic E-state index is 0.00574. The van der Waals surface area contributed by atoms with Crippen molar-refractivity contribution in [3.05, 3.63) is 22.4 Å². The molecule has 0 unspecified atom stereocenters. The van der Waals surface area contributed by atoms with E-state index in [1.54, 1.807) is 23.3 Å². The average Bonchev–Trinajstić information content (AvgIpc) is 3.02. The van der Waals surface area contributed by atoms with Crippen LogP contribution in [0.3, 0.4) is 0 Å². The molecule has 1 aromatic heterocycles. The fourth-order valence-electron chi connectivity index (χ4n) is 2.64. The Labute approximate surface area is 115 Å². The largest absolute Gasteiger partial charge is 0.364 e. The molecule has 1 aromatic rings. The lowest BCUT2D eigenvalue weighted by Gasteiger charge is -2.33. The number of morpholine rings is 1. The smallest absolute Gasteiger partial charge is 0.248 e. The lowest BCUT2D eigenvalue weighted by atomic mass is 10.1. The molecule has 0 aliphatic carbocycles. The van der Waals surface area contributed by atoms with Crippen molar-refractivity contribution in [2.75, 3.05) is 26.7 Å². The maximum absolute atomic E-state index is 12.2. The van der Waals surface area contributed by atoms with Gasteiger partial charge in [0.15, 0.2) is 0 Å². The Hall–Kier alpha value is -1.40. The zero-order valence-electron chi connectivity index (χ0n) is 10.7. The summed E-state index contributed by atoms with van der Waals surface area (Å²) < 4.78 is 5.52. The van der Waals surface area contributed by atoms with Crippen LogP contribution in [0.4, 0.5) is 0 Å². The summed E-state index contributed by atoms with van der Waals surface area (Å²) in [7, 11) is 1.79. The van der Waals surface area contributed by atoms with Crippen LogP contribution in [0.25, 0.3) is 0 Å². The molecule has 2 aliphatic rings. The van der Waals surface area contributed by atoms with Gasteiger partial charge in [-0.2, -0.15) is 0 Å². The zero-order valence-corrected chi connectivity index (χ0v) is 11.6. The van der Waals surface area contributed by atoms with Gasteiger partial charge >= 0.3 is 0 Å². The summed E-state index contributed by atoms with van der Waals surface area (Å²) in [5.41, 5.74) is 0. The number of thiophene rings is 1. The van der Waals surface area contributed by atoms with Gasteiger partial charge in [-0.05, 0) is 11.4 Å². The molecule has 2 fully saturated rings. The SMILES string of the molecule is CN1C(=O)CO[C@H]2CN(C(=O)Cc3cccs3)C[C@@H]21. The second kappa shape index (κ2) is 4.94. The molecule has 5 nitrogen and oxygen atoms in total. The van der Waals surface area contributed by atoms with E-state index in [-0.39, 0.29) is 30.6 Å². The van der Waals surface area contributed by atoms with Gasteiger partial charge in [0, 0.05) is 25.0 Å². The Morgan fingerprint density at radius 1 is 1.53 bits per heavy atom. The molecule has 2 saturated heterocycles. The number of amides is 2. The number of carbonyl (C=O) groups excluding carboxylic acids is 2. The molecule has 3 heterocycles. The summed E-state index contributed by atoms with van der Waals surface area (Å²) in [5, 5.41) is 1.97. The Morgan fingerprint density at radius 3 is 3.11 bits per heavy atom. The number of likely N-dealkylation sites (tertiary alicyclic amines) is 1. The lowest BCUT2D eigenvalue weighted by Crippen LogP contribution is -2.51. The molecule has 0 N–H and O–H groups in total. The van der Waals surface area contributed by atoms with Gasteiger partial charge in [0.05, 0.1) is 18.6 Å². The van der Waals surface area contributed by atoms with Crippen molar-refractivity contribution in [3.8, 4) is 0 Å². The van der Waals surface area contributed by atoms with Crippen LogP contribution >= 0.6 is 11.3 Å². The predicted octanol–water partition coefficient (Wildman–Crippen LogP) is 0.359. The topological polar surface area (TPSA) is 49.9 Å². The van der Waals surface area contributed by atoms with E-state index < -0.39 is 0 Å². The van der Waals surface area contributed by atoms with Gasteiger partial charge in [-0.25, -0.2) is 0 Å². The molecule has 19 heavy (non-hydrogen) atoms. The van der Waals surface area contributed by atoms with Crippen molar-refractivity contribution < 1.29 is 14.3 Å². The van der Waals surface area contributed by atoms with Gasteiger partial charge in [-0.3, -0.25) is 9.59 Å². The number of hydrogen-bond acceptors (Lipinski definition) is 4. The number of carbonyl (C=O) groups is 2. The van der Waals surface area contributed by atoms with Crippen LogP contribution in [-0.2, 0) is 20.7 Å². The molecule has 2 aliphatic heterocycles. The minimum Gasteiger partial charge on any atom is -0.364 e. The third-order valence-corrected chi connectivity index (χ3v) is 4.68. The first-order chi connectivity index (χ1) is 9.15. The Bertz CT molecular complexity index is 488. The Kier molecular flexibility index (Phi) is 3.28. The molecule has 0 bridgehead atoms. The van der Waals surface area contributed by atoms with Crippen LogP contribution in [0.2, 0.25) is 0 Å². The monoisotopic (exact) mass is 280 g/mol. The lowest BCUT2D eigenvalue weighted by molar-refractivity contribution is -0.150. The third kappa shape index (κ3) is 2.37. The number of nitrogens with zero attached hydrogens (tertiary/aromatic N) is 2. The van der Waals surface area contributed by atoms with Gasteiger partial charge in [-0.15, -0.1) is 11.3 Å². The van der Waals surface area contributed by atoms with Gasteiger partial charge in [0.2, 0.25) is 11.8 Å². The molecular formula is C13H16N2O3S. The second-order valence-corrected chi connectivity index (χ2v) is 6.01. The van der Waals surface area contributed by atoms with Crippen LogP contribution < -0.4 is 0 Å². The number of likely N-dealkylation sites (N-methyl/N-ethyl adjacent to an activating group) is 1. The molecule has 0 aromatic carbocycles. The molecule has 3 rings (SSSR count). The van der Waals surface area contributed by atoms with E-state index in [1.165, 1.54) is 0 Å².